The van der Waals surface area contributed by atoms with Gasteiger partial charge in [-0.2, -0.15) is 0 Å². The number of nitrogens with one attached hydrogen (secondary N) is 2. The summed E-state index contributed by atoms with van der Waals surface area (Å²) < 4.78 is 19.0. The van der Waals surface area contributed by atoms with E-state index in [2.05, 4.69) is 20.6 Å². The number of hydrogen-bond acceptors (Lipinski definition) is 4. The lowest BCUT2D eigenvalue weighted by molar-refractivity contribution is 0.199. The van der Waals surface area contributed by atoms with Crippen LogP contribution in [-0.2, 0) is 6.54 Å². The van der Waals surface area contributed by atoms with Gasteiger partial charge in [0.1, 0.15) is 17.7 Å². The molecule has 0 aliphatic carbocycles. The van der Waals surface area contributed by atoms with Crippen LogP contribution in [0.5, 0.6) is 5.75 Å². The minimum Gasteiger partial charge on any atom is -0.489 e. The monoisotopic (exact) mass is 350 g/mol. The Labute approximate surface area is 146 Å². The van der Waals surface area contributed by atoms with E-state index in [1.807, 2.05) is 20.0 Å². The van der Waals surface area contributed by atoms with Gasteiger partial charge in [0.05, 0.1) is 18.1 Å². The van der Waals surface area contributed by atoms with Crippen LogP contribution < -0.4 is 15.4 Å². The third-order valence-electron chi connectivity index (χ3n) is 3.37. The first-order valence-electron chi connectivity index (χ1n) is 7.88. The van der Waals surface area contributed by atoms with Crippen molar-refractivity contribution in [1.29, 1.82) is 0 Å². The number of ether oxygens (including phenoxy) is 1. The van der Waals surface area contributed by atoms with E-state index < -0.39 is 0 Å². The Morgan fingerprint density at radius 2 is 2.25 bits per heavy atom. The zero-order valence-corrected chi connectivity index (χ0v) is 15.0. The number of aromatic nitrogens is 1. The Balaban J connectivity index is 1.81. The summed E-state index contributed by atoms with van der Waals surface area (Å²) in [6.07, 6.45) is 2.59. The molecule has 0 spiro atoms. The minimum atomic E-state index is -0.298. The number of aliphatic imine (C=N–C) groups is 1. The van der Waals surface area contributed by atoms with E-state index in [0.717, 1.165) is 16.3 Å². The number of hydrogen-bond donors (Lipinski definition) is 2. The second-order valence-corrected chi connectivity index (χ2v) is 6.58. The summed E-state index contributed by atoms with van der Waals surface area (Å²) in [7, 11) is 1.72. The topological polar surface area (TPSA) is 58.5 Å². The number of halogens is 1. The van der Waals surface area contributed by atoms with E-state index in [0.29, 0.717) is 24.8 Å². The molecule has 0 aliphatic rings. The lowest BCUT2D eigenvalue weighted by atomic mass is 10.2. The summed E-state index contributed by atoms with van der Waals surface area (Å²) in [4.78, 5) is 9.58. The van der Waals surface area contributed by atoms with Crippen molar-refractivity contribution in [2.75, 3.05) is 13.6 Å². The van der Waals surface area contributed by atoms with Gasteiger partial charge in [0.25, 0.3) is 0 Å². The molecule has 1 heterocycles. The van der Waals surface area contributed by atoms with E-state index in [-0.39, 0.29) is 11.9 Å². The van der Waals surface area contributed by atoms with E-state index in [1.165, 1.54) is 12.1 Å². The molecule has 2 rings (SSSR count). The lowest BCUT2D eigenvalue weighted by Crippen LogP contribution is -2.42. The molecule has 1 aromatic heterocycles. The molecule has 0 bridgehead atoms. The smallest absolute Gasteiger partial charge is 0.191 e. The molecule has 24 heavy (non-hydrogen) atoms. The number of guanidine groups is 1. The third kappa shape index (κ3) is 5.81. The van der Waals surface area contributed by atoms with E-state index >= 15 is 0 Å². The number of thiazole rings is 1. The summed E-state index contributed by atoms with van der Waals surface area (Å²) in [5.41, 5.74) is 0. The molecule has 130 valence electrons. The predicted molar refractivity (Wildman–Crippen MR) is 96.2 cm³/mol. The van der Waals surface area contributed by atoms with Crippen molar-refractivity contribution in [1.82, 2.24) is 15.6 Å². The van der Waals surface area contributed by atoms with E-state index in [4.69, 9.17) is 4.74 Å². The fraction of sp³-hybridized carbons (Fsp3) is 0.412. The number of benzene rings is 1. The summed E-state index contributed by atoms with van der Waals surface area (Å²) in [5.74, 6) is 0.932. The average Bonchev–Trinajstić information content (AvgIpc) is 2.99. The number of nitrogens with zero attached hydrogens (tertiary/aromatic N) is 2. The summed E-state index contributed by atoms with van der Waals surface area (Å²) in [5, 5.41) is 7.53. The van der Waals surface area contributed by atoms with Gasteiger partial charge in [-0.1, -0.05) is 13.0 Å². The Kier molecular flexibility index (Phi) is 6.99. The fourth-order valence-electron chi connectivity index (χ4n) is 2.09. The highest BCUT2D eigenvalue weighted by atomic mass is 32.1. The summed E-state index contributed by atoms with van der Waals surface area (Å²) in [6.45, 7) is 5.26. The largest absolute Gasteiger partial charge is 0.489 e. The average molecular weight is 350 g/mol. The first kappa shape index (κ1) is 18.2. The predicted octanol–water partition coefficient (Wildman–Crippen LogP) is 3.11. The molecule has 1 aromatic carbocycles. The molecule has 0 aliphatic heterocycles. The quantitative estimate of drug-likeness (QED) is 0.595. The zero-order chi connectivity index (χ0) is 17.4. The highest BCUT2D eigenvalue weighted by molar-refractivity contribution is 7.11. The maximum absolute atomic E-state index is 13.2. The van der Waals surface area contributed by atoms with E-state index in [9.17, 15) is 4.39 Å². The van der Waals surface area contributed by atoms with Crippen LogP contribution in [0.3, 0.4) is 0 Å². The van der Waals surface area contributed by atoms with Crippen LogP contribution in [0.25, 0.3) is 0 Å². The number of rotatable bonds is 7. The van der Waals surface area contributed by atoms with Gasteiger partial charge in [0.2, 0.25) is 0 Å². The molecule has 7 heteroatoms. The van der Waals surface area contributed by atoms with Gasteiger partial charge in [-0.05, 0) is 25.5 Å². The SMILES string of the molecule is CCC(CNC(=NC)NCc1cnc(C)s1)Oc1cccc(F)c1. The van der Waals surface area contributed by atoms with Gasteiger partial charge in [-0.15, -0.1) is 11.3 Å². The molecule has 0 saturated heterocycles. The molecular formula is C17H23FN4OS. The van der Waals surface area contributed by atoms with E-state index in [1.54, 1.807) is 30.5 Å². The van der Waals surface area contributed by atoms with Crippen LogP contribution >= 0.6 is 11.3 Å². The van der Waals surface area contributed by atoms with Gasteiger partial charge in [-0.25, -0.2) is 9.37 Å². The third-order valence-corrected chi connectivity index (χ3v) is 4.29. The number of aryl methyl sites for hydroxylation is 1. The maximum Gasteiger partial charge on any atom is 0.191 e. The molecule has 1 unspecified atom stereocenters. The molecule has 0 radical (unpaired) electrons. The van der Waals surface area contributed by atoms with Crippen LogP contribution in [-0.4, -0.2) is 30.6 Å². The zero-order valence-electron chi connectivity index (χ0n) is 14.2. The van der Waals surface area contributed by atoms with Crippen molar-refractivity contribution in [3.8, 4) is 5.75 Å². The molecule has 5 nitrogen and oxygen atoms in total. The second-order valence-electron chi connectivity index (χ2n) is 5.26. The Morgan fingerprint density at radius 1 is 1.42 bits per heavy atom. The standard InChI is InChI=1S/C17H23FN4OS/c1-4-14(23-15-7-5-6-13(18)8-15)9-21-17(19-3)22-11-16-10-20-12(2)24-16/h5-8,10,14H,4,9,11H2,1-3H3,(H2,19,21,22). The highest BCUT2D eigenvalue weighted by Crippen LogP contribution is 2.15. The van der Waals surface area contributed by atoms with Gasteiger partial charge in [0.15, 0.2) is 5.96 Å². The van der Waals surface area contributed by atoms with Crippen molar-refractivity contribution in [2.24, 2.45) is 4.99 Å². The van der Waals surface area contributed by atoms with Crippen molar-refractivity contribution in [2.45, 2.75) is 32.9 Å². The Morgan fingerprint density at radius 3 is 2.88 bits per heavy atom. The van der Waals surface area contributed by atoms with Crippen LogP contribution in [0.15, 0.2) is 35.5 Å². The van der Waals surface area contributed by atoms with Gasteiger partial charge in [0, 0.05) is 24.2 Å². The summed E-state index contributed by atoms with van der Waals surface area (Å²) >= 11 is 1.66. The van der Waals surface area contributed by atoms with Gasteiger partial charge < -0.3 is 15.4 Å². The van der Waals surface area contributed by atoms with Gasteiger partial charge in [-0.3, -0.25) is 4.99 Å². The lowest BCUT2D eigenvalue weighted by Gasteiger charge is -2.19. The first-order chi connectivity index (χ1) is 11.6. The Hall–Kier alpha value is -2.15. The maximum atomic E-state index is 13.2. The molecule has 2 aromatic rings. The summed E-state index contributed by atoms with van der Waals surface area (Å²) in [6, 6.07) is 6.19. The molecule has 0 fully saturated rings. The van der Waals surface area contributed by atoms with Crippen molar-refractivity contribution < 1.29 is 9.13 Å². The Bertz CT molecular complexity index is 674. The molecular weight excluding hydrogens is 327 g/mol. The minimum absolute atomic E-state index is 0.0731. The van der Waals surface area contributed by atoms with Crippen molar-refractivity contribution in [3.05, 3.63) is 46.2 Å². The van der Waals surface area contributed by atoms with Gasteiger partial charge >= 0.3 is 0 Å². The molecule has 2 N–H and O–H groups in total. The normalized spacial score (nSPS) is 12.8. The van der Waals surface area contributed by atoms with Crippen LogP contribution in [0.2, 0.25) is 0 Å². The first-order valence-corrected chi connectivity index (χ1v) is 8.70. The molecule has 1 atom stereocenters. The second kappa shape index (κ2) is 9.22. The van der Waals surface area contributed by atoms with Crippen LogP contribution in [0.1, 0.15) is 23.2 Å². The van der Waals surface area contributed by atoms with Crippen LogP contribution in [0, 0.1) is 12.7 Å². The van der Waals surface area contributed by atoms with Crippen molar-refractivity contribution >= 4 is 17.3 Å². The van der Waals surface area contributed by atoms with Crippen molar-refractivity contribution in [3.63, 3.8) is 0 Å². The fourth-order valence-corrected chi connectivity index (χ4v) is 2.83. The van der Waals surface area contributed by atoms with Crippen LogP contribution in [0.4, 0.5) is 4.39 Å². The highest BCUT2D eigenvalue weighted by Gasteiger charge is 2.10. The molecule has 0 saturated carbocycles. The molecule has 0 amide bonds.